The highest BCUT2D eigenvalue weighted by atomic mass is 16.5. The van der Waals surface area contributed by atoms with E-state index in [1.807, 2.05) is 48.1 Å². The van der Waals surface area contributed by atoms with Gasteiger partial charge in [-0.1, -0.05) is 35.5 Å². The molecule has 25 heavy (non-hydrogen) atoms. The monoisotopic (exact) mass is 337 g/mol. The maximum absolute atomic E-state index is 13.0. The van der Waals surface area contributed by atoms with Crippen molar-refractivity contribution in [2.75, 3.05) is 19.6 Å². The molecule has 0 radical (unpaired) electrons. The van der Waals surface area contributed by atoms with E-state index in [4.69, 9.17) is 4.52 Å². The molecule has 0 aliphatic carbocycles. The number of carbonyl (C=O) groups excluding carboxylic acids is 1. The van der Waals surface area contributed by atoms with Crippen LogP contribution in [-0.4, -0.2) is 45.1 Å². The number of carbonyl (C=O) groups is 1. The molecule has 0 saturated carbocycles. The maximum atomic E-state index is 13.0. The zero-order valence-electron chi connectivity index (χ0n) is 13.9. The van der Waals surface area contributed by atoms with Crippen molar-refractivity contribution in [2.24, 2.45) is 7.05 Å². The fourth-order valence-electron chi connectivity index (χ4n) is 3.14. The van der Waals surface area contributed by atoms with Crippen molar-refractivity contribution < 1.29 is 9.32 Å². The van der Waals surface area contributed by atoms with Crippen molar-refractivity contribution in [3.63, 3.8) is 0 Å². The Bertz CT molecular complexity index is 870. The summed E-state index contributed by atoms with van der Waals surface area (Å²) in [5.41, 5.74) is 1.58. The summed E-state index contributed by atoms with van der Waals surface area (Å²) in [4.78, 5) is 19.2. The molecule has 1 aliphatic rings. The Labute approximate surface area is 145 Å². The Hall–Kier alpha value is -2.93. The fraction of sp³-hybridized carbons (Fsp3) is 0.278. The van der Waals surface area contributed by atoms with Gasteiger partial charge in [-0.05, 0) is 0 Å². The molecule has 1 amide bonds. The maximum Gasteiger partial charge on any atom is 0.293 e. The van der Waals surface area contributed by atoms with Crippen molar-refractivity contribution in [3.8, 4) is 11.3 Å². The quantitative estimate of drug-likeness (QED) is 0.789. The first-order valence-corrected chi connectivity index (χ1v) is 8.25. The summed E-state index contributed by atoms with van der Waals surface area (Å²) in [5.74, 6) is 0.937. The van der Waals surface area contributed by atoms with Gasteiger partial charge in [0.1, 0.15) is 17.6 Å². The number of rotatable bonds is 3. The molecule has 2 aromatic heterocycles. The van der Waals surface area contributed by atoms with E-state index in [-0.39, 0.29) is 17.7 Å². The number of aryl methyl sites for hydroxylation is 1. The number of hydrogen-bond donors (Lipinski definition) is 1. The van der Waals surface area contributed by atoms with Gasteiger partial charge < -0.3 is 19.3 Å². The Morgan fingerprint density at radius 3 is 2.92 bits per heavy atom. The van der Waals surface area contributed by atoms with Gasteiger partial charge in [-0.25, -0.2) is 4.98 Å². The standard InChI is InChI=1S/C18H19N5O2/c1-22-9-8-20-17(22)15-12-19-7-10-23(15)18(24)16-11-14(21-25-16)13-5-3-2-4-6-13/h2-6,8-9,11,15,19H,7,10,12H2,1H3. The minimum atomic E-state index is -0.163. The average Bonchev–Trinajstić information content (AvgIpc) is 3.31. The molecule has 1 unspecified atom stereocenters. The molecule has 7 heteroatoms. The van der Waals surface area contributed by atoms with Gasteiger partial charge in [0.25, 0.3) is 5.91 Å². The van der Waals surface area contributed by atoms with E-state index in [1.165, 1.54) is 0 Å². The third-order valence-corrected chi connectivity index (χ3v) is 4.45. The number of amides is 1. The molecule has 1 atom stereocenters. The van der Waals surface area contributed by atoms with Gasteiger partial charge in [-0.15, -0.1) is 0 Å². The molecular formula is C18H19N5O2. The summed E-state index contributed by atoms with van der Waals surface area (Å²) in [5, 5.41) is 7.37. The predicted octanol–water partition coefficient (Wildman–Crippen LogP) is 1.86. The van der Waals surface area contributed by atoms with E-state index in [9.17, 15) is 4.79 Å². The van der Waals surface area contributed by atoms with Gasteiger partial charge >= 0.3 is 0 Å². The second-order valence-electron chi connectivity index (χ2n) is 6.06. The molecule has 0 spiro atoms. The van der Waals surface area contributed by atoms with Gasteiger partial charge in [0.2, 0.25) is 5.76 Å². The number of nitrogens with one attached hydrogen (secondary N) is 1. The summed E-state index contributed by atoms with van der Waals surface area (Å²) in [6.45, 7) is 2.00. The Morgan fingerprint density at radius 2 is 2.16 bits per heavy atom. The van der Waals surface area contributed by atoms with Crippen LogP contribution in [0, 0.1) is 0 Å². The SMILES string of the molecule is Cn1ccnc1C1CNCCN1C(=O)c1cc(-c2ccccc2)no1. The van der Waals surface area contributed by atoms with Crippen LogP contribution < -0.4 is 5.32 Å². The van der Waals surface area contributed by atoms with Crippen molar-refractivity contribution in [1.29, 1.82) is 0 Å². The van der Waals surface area contributed by atoms with Gasteiger partial charge in [-0.3, -0.25) is 4.79 Å². The topological polar surface area (TPSA) is 76.2 Å². The molecule has 7 nitrogen and oxygen atoms in total. The van der Waals surface area contributed by atoms with Crippen LogP contribution >= 0.6 is 0 Å². The van der Waals surface area contributed by atoms with Crippen LogP contribution in [0.25, 0.3) is 11.3 Å². The molecule has 1 N–H and O–H groups in total. The van der Waals surface area contributed by atoms with Crippen LogP contribution in [0.4, 0.5) is 0 Å². The molecule has 128 valence electrons. The number of benzene rings is 1. The molecule has 3 aromatic rings. The van der Waals surface area contributed by atoms with E-state index >= 15 is 0 Å². The summed E-state index contributed by atoms with van der Waals surface area (Å²) >= 11 is 0. The summed E-state index contributed by atoms with van der Waals surface area (Å²) < 4.78 is 7.28. The van der Waals surface area contributed by atoms with Crippen molar-refractivity contribution in [3.05, 3.63) is 60.4 Å². The largest absolute Gasteiger partial charge is 0.350 e. The molecule has 1 aromatic carbocycles. The normalized spacial score (nSPS) is 17.6. The van der Waals surface area contributed by atoms with Crippen LogP contribution in [0.3, 0.4) is 0 Å². The van der Waals surface area contributed by atoms with Crippen LogP contribution in [0.15, 0.2) is 53.3 Å². The van der Waals surface area contributed by atoms with Gasteiger partial charge in [0.15, 0.2) is 0 Å². The van der Waals surface area contributed by atoms with Crippen molar-refractivity contribution in [1.82, 2.24) is 24.9 Å². The minimum absolute atomic E-state index is 0.133. The molecule has 1 fully saturated rings. The number of nitrogens with zero attached hydrogens (tertiary/aromatic N) is 4. The zero-order valence-corrected chi connectivity index (χ0v) is 13.9. The van der Waals surface area contributed by atoms with Crippen LogP contribution in [0.5, 0.6) is 0 Å². The first-order chi connectivity index (χ1) is 12.2. The van der Waals surface area contributed by atoms with E-state index < -0.39 is 0 Å². The lowest BCUT2D eigenvalue weighted by atomic mass is 10.1. The molecule has 1 aliphatic heterocycles. The smallest absolute Gasteiger partial charge is 0.293 e. The number of imidazole rings is 1. The molecule has 3 heterocycles. The first-order valence-electron chi connectivity index (χ1n) is 8.25. The van der Waals surface area contributed by atoms with Gasteiger partial charge in [-0.2, -0.15) is 0 Å². The highest BCUT2D eigenvalue weighted by molar-refractivity contribution is 5.92. The molecule has 0 bridgehead atoms. The zero-order chi connectivity index (χ0) is 17.2. The summed E-state index contributed by atoms with van der Waals surface area (Å²) in [6, 6.07) is 11.2. The Kier molecular flexibility index (Phi) is 4.07. The molecule has 1 saturated heterocycles. The lowest BCUT2D eigenvalue weighted by Crippen LogP contribution is -2.49. The average molecular weight is 337 g/mol. The first kappa shape index (κ1) is 15.6. The van der Waals surface area contributed by atoms with E-state index in [1.54, 1.807) is 17.2 Å². The lowest BCUT2D eigenvalue weighted by Gasteiger charge is -2.35. The van der Waals surface area contributed by atoms with Crippen LogP contribution in [0.1, 0.15) is 22.4 Å². The number of aromatic nitrogens is 3. The number of piperazine rings is 1. The van der Waals surface area contributed by atoms with E-state index in [0.717, 1.165) is 17.9 Å². The van der Waals surface area contributed by atoms with E-state index in [0.29, 0.717) is 18.8 Å². The third-order valence-electron chi connectivity index (χ3n) is 4.45. The summed E-state index contributed by atoms with van der Waals surface area (Å²) in [7, 11) is 1.93. The van der Waals surface area contributed by atoms with Gasteiger partial charge in [0.05, 0.1) is 0 Å². The molecular weight excluding hydrogens is 318 g/mol. The van der Waals surface area contributed by atoms with Crippen LogP contribution in [0.2, 0.25) is 0 Å². The second-order valence-corrected chi connectivity index (χ2v) is 6.06. The van der Waals surface area contributed by atoms with Gasteiger partial charge in [0, 0.05) is 50.7 Å². The van der Waals surface area contributed by atoms with Crippen LogP contribution in [-0.2, 0) is 7.05 Å². The third kappa shape index (κ3) is 2.94. The summed E-state index contributed by atoms with van der Waals surface area (Å²) in [6.07, 6.45) is 3.63. The second kappa shape index (κ2) is 6.52. The lowest BCUT2D eigenvalue weighted by molar-refractivity contribution is 0.0578. The highest BCUT2D eigenvalue weighted by Crippen LogP contribution is 2.25. The van der Waals surface area contributed by atoms with E-state index in [2.05, 4.69) is 15.5 Å². The van der Waals surface area contributed by atoms with Crippen molar-refractivity contribution >= 4 is 5.91 Å². The Balaban J connectivity index is 1.61. The van der Waals surface area contributed by atoms with Crippen molar-refractivity contribution in [2.45, 2.75) is 6.04 Å². The Morgan fingerprint density at radius 1 is 1.32 bits per heavy atom. The number of hydrogen-bond acceptors (Lipinski definition) is 5. The molecule has 4 rings (SSSR count). The minimum Gasteiger partial charge on any atom is -0.350 e. The predicted molar refractivity (Wildman–Crippen MR) is 91.8 cm³/mol. The highest BCUT2D eigenvalue weighted by Gasteiger charge is 2.32. The fourth-order valence-corrected chi connectivity index (χ4v) is 3.14.